The second-order valence-electron chi connectivity index (χ2n) is 4.86. The largest absolute Gasteiger partial charge is 0.496 e. The molecule has 2 aromatic carbocycles. The molecule has 1 unspecified atom stereocenters. The van der Waals surface area contributed by atoms with Gasteiger partial charge in [0.2, 0.25) is 0 Å². The van der Waals surface area contributed by atoms with Gasteiger partial charge in [0.15, 0.2) is 0 Å². The first-order valence-electron chi connectivity index (χ1n) is 6.30. The SMILES string of the molecule is COc1ccc(F)cc1C1(O)CCc2ccccc21. The normalized spacial score (nSPS) is 21.2. The molecule has 98 valence electrons. The van der Waals surface area contributed by atoms with Gasteiger partial charge in [-0.15, -0.1) is 0 Å². The monoisotopic (exact) mass is 258 g/mol. The van der Waals surface area contributed by atoms with Crippen molar-refractivity contribution in [1.29, 1.82) is 0 Å². The molecule has 2 aromatic rings. The summed E-state index contributed by atoms with van der Waals surface area (Å²) in [7, 11) is 1.53. The van der Waals surface area contributed by atoms with E-state index in [-0.39, 0.29) is 5.82 Å². The van der Waals surface area contributed by atoms with Crippen molar-refractivity contribution in [3.05, 3.63) is 65.0 Å². The molecule has 1 N–H and O–H groups in total. The number of fused-ring (bicyclic) bond motifs is 1. The maximum Gasteiger partial charge on any atom is 0.125 e. The van der Waals surface area contributed by atoms with Gasteiger partial charge in [0.25, 0.3) is 0 Å². The number of aryl methyl sites for hydroxylation is 1. The molecule has 0 aliphatic heterocycles. The van der Waals surface area contributed by atoms with Crippen LogP contribution in [0.1, 0.15) is 23.1 Å². The van der Waals surface area contributed by atoms with Crippen molar-refractivity contribution in [2.75, 3.05) is 7.11 Å². The zero-order valence-electron chi connectivity index (χ0n) is 10.7. The lowest BCUT2D eigenvalue weighted by atomic mass is 9.87. The van der Waals surface area contributed by atoms with Crippen molar-refractivity contribution >= 4 is 0 Å². The van der Waals surface area contributed by atoms with E-state index in [2.05, 4.69) is 0 Å². The van der Waals surface area contributed by atoms with Crippen LogP contribution in [0, 0.1) is 5.82 Å². The van der Waals surface area contributed by atoms with E-state index in [4.69, 9.17) is 4.74 Å². The second-order valence-corrected chi connectivity index (χ2v) is 4.86. The summed E-state index contributed by atoms with van der Waals surface area (Å²) in [5.41, 5.74) is 1.29. The molecule has 0 saturated carbocycles. The molecule has 0 saturated heterocycles. The van der Waals surface area contributed by atoms with E-state index in [1.54, 1.807) is 6.07 Å². The number of aliphatic hydroxyl groups is 1. The standard InChI is InChI=1S/C16H15FO2/c1-19-15-7-6-12(17)10-14(15)16(18)9-8-11-4-2-3-5-13(11)16/h2-7,10,18H,8-9H2,1H3. The summed E-state index contributed by atoms with van der Waals surface area (Å²) >= 11 is 0. The number of hydrogen-bond acceptors (Lipinski definition) is 2. The highest BCUT2D eigenvalue weighted by Gasteiger charge is 2.40. The average Bonchev–Trinajstić information content (AvgIpc) is 2.78. The molecule has 0 spiro atoms. The van der Waals surface area contributed by atoms with Crippen LogP contribution in [0.25, 0.3) is 0 Å². The molecule has 0 heterocycles. The lowest BCUT2D eigenvalue weighted by molar-refractivity contribution is 0.0796. The minimum Gasteiger partial charge on any atom is -0.496 e. The van der Waals surface area contributed by atoms with Crippen LogP contribution < -0.4 is 4.74 Å². The van der Waals surface area contributed by atoms with E-state index >= 15 is 0 Å². The Morgan fingerprint density at radius 1 is 1.16 bits per heavy atom. The van der Waals surface area contributed by atoms with Crippen LogP contribution in [0.15, 0.2) is 42.5 Å². The number of benzene rings is 2. The quantitative estimate of drug-likeness (QED) is 0.897. The molecule has 3 heteroatoms. The van der Waals surface area contributed by atoms with Crippen LogP contribution in [0.4, 0.5) is 4.39 Å². The summed E-state index contributed by atoms with van der Waals surface area (Å²) in [4.78, 5) is 0. The van der Waals surface area contributed by atoms with Gasteiger partial charge in [-0.2, -0.15) is 0 Å². The number of halogens is 1. The van der Waals surface area contributed by atoms with Gasteiger partial charge in [-0.1, -0.05) is 24.3 Å². The number of hydrogen-bond donors (Lipinski definition) is 1. The Morgan fingerprint density at radius 2 is 1.95 bits per heavy atom. The molecule has 1 atom stereocenters. The Hall–Kier alpha value is -1.87. The van der Waals surface area contributed by atoms with Crippen molar-refractivity contribution in [1.82, 2.24) is 0 Å². The first-order chi connectivity index (χ1) is 9.15. The Bertz CT molecular complexity index is 624. The minimum atomic E-state index is -1.16. The van der Waals surface area contributed by atoms with Crippen LogP contribution in [0.3, 0.4) is 0 Å². The van der Waals surface area contributed by atoms with Gasteiger partial charge >= 0.3 is 0 Å². The van der Waals surface area contributed by atoms with Gasteiger partial charge in [-0.05, 0) is 42.2 Å². The maximum atomic E-state index is 13.5. The average molecular weight is 258 g/mol. The van der Waals surface area contributed by atoms with Crippen molar-refractivity contribution in [2.24, 2.45) is 0 Å². The lowest BCUT2D eigenvalue weighted by Gasteiger charge is -2.26. The molecule has 0 amide bonds. The minimum absolute atomic E-state index is 0.367. The zero-order chi connectivity index (χ0) is 13.5. The molecule has 1 aliphatic rings. The van der Waals surface area contributed by atoms with E-state index in [1.807, 2.05) is 24.3 Å². The van der Waals surface area contributed by atoms with Gasteiger partial charge in [0.1, 0.15) is 17.2 Å². The van der Waals surface area contributed by atoms with Gasteiger partial charge in [0.05, 0.1) is 7.11 Å². The molecule has 3 rings (SSSR count). The van der Waals surface area contributed by atoms with Gasteiger partial charge in [-0.3, -0.25) is 0 Å². The Morgan fingerprint density at radius 3 is 2.74 bits per heavy atom. The molecule has 0 aromatic heterocycles. The molecule has 0 radical (unpaired) electrons. The number of ether oxygens (including phenoxy) is 1. The fourth-order valence-corrected chi connectivity index (χ4v) is 2.88. The summed E-state index contributed by atoms with van der Waals surface area (Å²) in [5, 5.41) is 11.0. The molecular weight excluding hydrogens is 243 g/mol. The second kappa shape index (κ2) is 4.35. The Labute approximate surface area is 111 Å². The highest BCUT2D eigenvalue weighted by molar-refractivity contribution is 5.50. The third-order valence-electron chi connectivity index (χ3n) is 3.83. The molecule has 19 heavy (non-hydrogen) atoms. The lowest BCUT2D eigenvalue weighted by Crippen LogP contribution is -2.24. The van der Waals surface area contributed by atoms with Gasteiger partial charge in [0, 0.05) is 5.56 Å². The zero-order valence-corrected chi connectivity index (χ0v) is 10.7. The van der Waals surface area contributed by atoms with E-state index < -0.39 is 5.60 Å². The van der Waals surface area contributed by atoms with Crippen LogP contribution in [-0.4, -0.2) is 12.2 Å². The molecule has 0 bridgehead atoms. The highest BCUT2D eigenvalue weighted by atomic mass is 19.1. The third-order valence-corrected chi connectivity index (χ3v) is 3.83. The summed E-state index contributed by atoms with van der Waals surface area (Å²) in [6.07, 6.45) is 1.33. The maximum absolute atomic E-state index is 13.5. The Kier molecular flexibility index (Phi) is 2.79. The smallest absolute Gasteiger partial charge is 0.125 e. The van der Waals surface area contributed by atoms with Crippen LogP contribution in [0.2, 0.25) is 0 Å². The summed E-state index contributed by atoms with van der Waals surface area (Å²) < 4.78 is 18.8. The molecule has 1 aliphatic carbocycles. The van der Waals surface area contributed by atoms with Crippen LogP contribution in [0.5, 0.6) is 5.75 Å². The number of methoxy groups -OCH3 is 1. The molecular formula is C16H15FO2. The van der Waals surface area contributed by atoms with Gasteiger partial charge in [-0.25, -0.2) is 4.39 Å². The van der Waals surface area contributed by atoms with Crippen LogP contribution >= 0.6 is 0 Å². The topological polar surface area (TPSA) is 29.5 Å². The van der Waals surface area contributed by atoms with E-state index in [1.165, 1.54) is 19.2 Å². The fourth-order valence-electron chi connectivity index (χ4n) is 2.88. The summed E-state index contributed by atoms with van der Waals surface area (Å²) in [5.74, 6) is 0.147. The first-order valence-corrected chi connectivity index (χ1v) is 6.30. The van der Waals surface area contributed by atoms with E-state index in [0.29, 0.717) is 17.7 Å². The summed E-state index contributed by atoms with van der Waals surface area (Å²) in [6.45, 7) is 0. The fraction of sp³-hybridized carbons (Fsp3) is 0.250. The highest BCUT2D eigenvalue weighted by Crippen LogP contribution is 2.45. The predicted octanol–water partition coefficient (Wildman–Crippen LogP) is 3.02. The van der Waals surface area contributed by atoms with Crippen molar-refractivity contribution in [3.8, 4) is 5.75 Å². The van der Waals surface area contributed by atoms with E-state index in [0.717, 1.165) is 17.5 Å². The van der Waals surface area contributed by atoms with E-state index in [9.17, 15) is 9.50 Å². The third kappa shape index (κ3) is 1.81. The Balaban J connectivity index is 2.20. The van der Waals surface area contributed by atoms with Crippen molar-refractivity contribution in [2.45, 2.75) is 18.4 Å². The molecule has 0 fully saturated rings. The summed E-state index contributed by atoms with van der Waals surface area (Å²) in [6, 6.07) is 12.0. The first kappa shape index (κ1) is 12.2. The predicted molar refractivity (Wildman–Crippen MR) is 70.7 cm³/mol. The van der Waals surface area contributed by atoms with Crippen molar-refractivity contribution < 1.29 is 14.2 Å². The van der Waals surface area contributed by atoms with Gasteiger partial charge < -0.3 is 9.84 Å². The van der Waals surface area contributed by atoms with Crippen molar-refractivity contribution in [3.63, 3.8) is 0 Å². The molecule has 2 nitrogen and oxygen atoms in total. The number of rotatable bonds is 2. The van der Waals surface area contributed by atoms with Crippen LogP contribution in [-0.2, 0) is 12.0 Å².